The van der Waals surface area contributed by atoms with Crippen molar-refractivity contribution in [2.24, 2.45) is 0 Å². The fourth-order valence-corrected chi connectivity index (χ4v) is 0.874. The predicted octanol–water partition coefficient (Wildman–Crippen LogP) is 2.72. The number of ether oxygens (including phenoxy) is 1. The van der Waals surface area contributed by atoms with E-state index in [1.165, 1.54) is 12.3 Å². The second-order valence-corrected chi connectivity index (χ2v) is 2.45. The number of alkyl halides is 4. The molecule has 0 aromatic carbocycles. The molecule has 0 N–H and O–H groups in total. The maximum absolute atomic E-state index is 11.7. The van der Waals surface area contributed by atoms with Crippen LogP contribution in [0.3, 0.4) is 0 Å². The minimum absolute atomic E-state index is 0.122. The topological polar surface area (TPSA) is 22.1 Å². The molecule has 0 spiro atoms. The van der Waals surface area contributed by atoms with Gasteiger partial charge in [0, 0.05) is 18.1 Å². The first-order valence-electron chi connectivity index (χ1n) is 3.28. The lowest BCUT2D eigenvalue weighted by atomic mass is 10.3. The van der Waals surface area contributed by atoms with Gasteiger partial charge in [-0.2, -0.15) is 0 Å². The molecule has 1 aromatic heterocycles. The lowest BCUT2D eigenvalue weighted by Crippen LogP contribution is -2.17. The zero-order valence-corrected chi connectivity index (χ0v) is 7.06. The zero-order chi connectivity index (χ0) is 9.90. The smallest absolute Gasteiger partial charge is 0.388 e. The van der Waals surface area contributed by atoms with Crippen LogP contribution < -0.4 is 4.74 Å². The van der Waals surface area contributed by atoms with E-state index in [1.807, 2.05) is 0 Å². The van der Waals surface area contributed by atoms with Crippen molar-refractivity contribution in [1.82, 2.24) is 4.98 Å². The summed E-state index contributed by atoms with van der Waals surface area (Å²) in [4.78, 5) is 3.37. The van der Waals surface area contributed by atoms with Crippen LogP contribution in [-0.2, 0) is 5.88 Å². The second kappa shape index (κ2) is 3.83. The van der Waals surface area contributed by atoms with Gasteiger partial charge in [0.25, 0.3) is 0 Å². The molecule has 6 heteroatoms. The number of aromatic nitrogens is 1. The van der Waals surface area contributed by atoms with Gasteiger partial charge in [-0.05, 0) is 11.6 Å². The van der Waals surface area contributed by atoms with Crippen LogP contribution in [0.4, 0.5) is 13.2 Å². The van der Waals surface area contributed by atoms with Crippen molar-refractivity contribution < 1.29 is 17.9 Å². The van der Waals surface area contributed by atoms with Crippen molar-refractivity contribution in [3.05, 3.63) is 23.9 Å². The summed E-state index contributed by atoms with van der Waals surface area (Å²) < 4.78 is 38.6. The van der Waals surface area contributed by atoms with E-state index in [2.05, 4.69) is 9.72 Å². The van der Waals surface area contributed by atoms with Gasteiger partial charge in [-0.3, -0.25) is 0 Å². The summed E-state index contributed by atoms with van der Waals surface area (Å²) in [5, 5.41) is 0. The molecule has 0 atom stereocenters. The molecule has 0 fully saturated rings. The van der Waals surface area contributed by atoms with E-state index in [9.17, 15) is 13.2 Å². The van der Waals surface area contributed by atoms with Crippen LogP contribution in [0.25, 0.3) is 0 Å². The third kappa shape index (κ3) is 3.50. The van der Waals surface area contributed by atoms with Crippen molar-refractivity contribution in [1.29, 1.82) is 0 Å². The van der Waals surface area contributed by atoms with E-state index in [4.69, 9.17) is 11.6 Å². The molecule has 1 heterocycles. The summed E-state index contributed by atoms with van der Waals surface area (Å²) in [6.07, 6.45) is -3.50. The Labute approximate surface area is 77.3 Å². The number of hydrogen-bond donors (Lipinski definition) is 0. The van der Waals surface area contributed by atoms with Crippen molar-refractivity contribution in [3.63, 3.8) is 0 Å². The highest BCUT2D eigenvalue weighted by atomic mass is 35.5. The van der Waals surface area contributed by atoms with Crippen LogP contribution in [0, 0.1) is 0 Å². The monoisotopic (exact) mass is 211 g/mol. The Kier molecular flexibility index (Phi) is 2.98. The molecule has 0 aliphatic rings. The minimum Gasteiger partial charge on any atom is -0.388 e. The molecule has 0 radical (unpaired) electrons. The molecular formula is C7H5ClF3NO. The first kappa shape index (κ1) is 10.1. The number of halogens is 4. The Morgan fingerprint density at radius 3 is 2.69 bits per heavy atom. The number of nitrogens with zero attached hydrogens (tertiary/aromatic N) is 1. The minimum atomic E-state index is -4.71. The molecule has 0 aliphatic carbocycles. The van der Waals surface area contributed by atoms with Crippen molar-refractivity contribution in [2.75, 3.05) is 0 Å². The molecule has 0 bridgehead atoms. The normalized spacial score (nSPS) is 11.4. The van der Waals surface area contributed by atoms with Crippen LogP contribution in [0.2, 0.25) is 0 Å². The highest BCUT2D eigenvalue weighted by Gasteiger charge is 2.31. The Hall–Kier alpha value is -0.970. The molecule has 0 unspecified atom stereocenters. The molecule has 0 saturated carbocycles. The average Bonchev–Trinajstić information content (AvgIpc) is 2.01. The van der Waals surface area contributed by atoms with E-state index < -0.39 is 12.2 Å². The van der Waals surface area contributed by atoms with E-state index in [1.54, 1.807) is 0 Å². The van der Waals surface area contributed by atoms with Gasteiger partial charge in [-0.15, -0.1) is 24.8 Å². The van der Waals surface area contributed by atoms with Gasteiger partial charge < -0.3 is 4.74 Å². The summed E-state index contributed by atoms with van der Waals surface area (Å²) in [5.74, 6) is -0.373. The second-order valence-electron chi connectivity index (χ2n) is 2.18. The number of hydrogen-bond acceptors (Lipinski definition) is 2. The standard InChI is InChI=1S/C7H5ClF3NO/c8-4-5-1-2-12-6(3-5)13-7(9,10)11/h1-3H,4H2. The van der Waals surface area contributed by atoms with Gasteiger partial charge >= 0.3 is 6.36 Å². The van der Waals surface area contributed by atoms with E-state index in [0.717, 1.165) is 6.07 Å². The largest absolute Gasteiger partial charge is 0.574 e. The van der Waals surface area contributed by atoms with Crippen LogP contribution in [-0.4, -0.2) is 11.3 Å². The van der Waals surface area contributed by atoms with Crippen LogP contribution in [0.5, 0.6) is 5.88 Å². The van der Waals surface area contributed by atoms with Crippen molar-refractivity contribution >= 4 is 11.6 Å². The quantitative estimate of drug-likeness (QED) is 0.702. The van der Waals surface area contributed by atoms with Gasteiger partial charge in [-0.1, -0.05) is 0 Å². The third-order valence-electron chi connectivity index (χ3n) is 1.17. The first-order valence-corrected chi connectivity index (χ1v) is 3.81. The Balaban J connectivity index is 2.78. The zero-order valence-electron chi connectivity index (χ0n) is 6.31. The van der Waals surface area contributed by atoms with E-state index in [-0.39, 0.29) is 5.88 Å². The van der Waals surface area contributed by atoms with Crippen LogP contribution in [0.15, 0.2) is 18.3 Å². The fraction of sp³-hybridized carbons (Fsp3) is 0.286. The average molecular weight is 212 g/mol. The van der Waals surface area contributed by atoms with E-state index >= 15 is 0 Å². The molecule has 2 nitrogen and oxygen atoms in total. The lowest BCUT2D eigenvalue weighted by molar-refractivity contribution is -0.276. The molecule has 1 rings (SSSR count). The Bertz CT molecular complexity index is 289. The maximum Gasteiger partial charge on any atom is 0.574 e. The molecule has 0 saturated heterocycles. The van der Waals surface area contributed by atoms with Gasteiger partial charge in [-0.25, -0.2) is 4.98 Å². The summed E-state index contributed by atoms with van der Waals surface area (Å²) >= 11 is 5.41. The summed E-state index contributed by atoms with van der Waals surface area (Å²) in [6, 6.07) is 2.65. The molecule has 72 valence electrons. The molecule has 0 aliphatic heterocycles. The third-order valence-corrected chi connectivity index (χ3v) is 1.48. The number of rotatable bonds is 2. The predicted molar refractivity (Wildman–Crippen MR) is 40.5 cm³/mol. The summed E-state index contributed by atoms with van der Waals surface area (Å²) in [7, 11) is 0. The number of pyridine rings is 1. The van der Waals surface area contributed by atoms with Gasteiger partial charge in [0.1, 0.15) is 0 Å². The molecule has 13 heavy (non-hydrogen) atoms. The fourth-order valence-electron chi connectivity index (χ4n) is 0.708. The first-order chi connectivity index (χ1) is 6.01. The van der Waals surface area contributed by atoms with Crippen molar-refractivity contribution in [2.45, 2.75) is 12.2 Å². The summed E-state index contributed by atoms with van der Waals surface area (Å²) in [6.45, 7) is 0. The molecular weight excluding hydrogens is 207 g/mol. The van der Waals surface area contributed by atoms with E-state index in [0.29, 0.717) is 5.56 Å². The van der Waals surface area contributed by atoms with Gasteiger partial charge in [0.2, 0.25) is 5.88 Å². The molecule has 0 amide bonds. The highest BCUT2D eigenvalue weighted by Crippen LogP contribution is 2.21. The molecule has 1 aromatic rings. The maximum atomic E-state index is 11.7. The van der Waals surface area contributed by atoms with Crippen LogP contribution >= 0.6 is 11.6 Å². The highest BCUT2D eigenvalue weighted by molar-refractivity contribution is 6.17. The Morgan fingerprint density at radius 2 is 2.15 bits per heavy atom. The lowest BCUT2D eigenvalue weighted by Gasteiger charge is -2.07. The van der Waals surface area contributed by atoms with Crippen molar-refractivity contribution in [3.8, 4) is 5.88 Å². The van der Waals surface area contributed by atoms with Gasteiger partial charge in [0.05, 0.1) is 0 Å². The van der Waals surface area contributed by atoms with Crippen LogP contribution in [0.1, 0.15) is 5.56 Å². The summed E-state index contributed by atoms with van der Waals surface area (Å²) in [5.41, 5.74) is 0.524. The Morgan fingerprint density at radius 1 is 1.46 bits per heavy atom. The SMILES string of the molecule is FC(F)(F)Oc1cc(CCl)ccn1. The van der Waals surface area contributed by atoms with Gasteiger partial charge in [0.15, 0.2) is 0 Å².